The minimum Gasteiger partial charge on any atom is -0.391 e. The Kier molecular flexibility index (Phi) is 2.61. The third-order valence-corrected chi connectivity index (χ3v) is 2.44. The van der Waals surface area contributed by atoms with E-state index < -0.39 is 0 Å². The molecule has 1 aromatic rings. The van der Waals surface area contributed by atoms with Crippen LogP contribution in [0.3, 0.4) is 0 Å². The maximum atomic E-state index is 9.78. The van der Waals surface area contributed by atoms with E-state index in [0.29, 0.717) is 13.2 Å². The average molecular weight is 182 g/mol. The summed E-state index contributed by atoms with van der Waals surface area (Å²) in [4.78, 5) is 0. The SMILES string of the molecule is OC(Cn1cccn1)C1CCOC1. The maximum absolute atomic E-state index is 9.78. The van der Waals surface area contributed by atoms with Crippen LogP contribution in [-0.2, 0) is 11.3 Å². The van der Waals surface area contributed by atoms with Gasteiger partial charge in [-0.25, -0.2) is 0 Å². The summed E-state index contributed by atoms with van der Waals surface area (Å²) >= 11 is 0. The lowest BCUT2D eigenvalue weighted by Crippen LogP contribution is -2.26. The molecular weight excluding hydrogens is 168 g/mol. The number of nitrogens with zero attached hydrogens (tertiary/aromatic N) is 2. The van der Waals surface area contributed by atoms with Gasteiger partial charge in [-0.05, 0) is 12.5 Å². The van der Waals surface area contributed by atoms with Crippen molar-refractivity contribution in [3.05, 3.63) is 18.5 Å². The highest BCUT2D eigenvalue weighted by Crippen LogP contribution is 2.17. The van der Waals surface area contributed by atoms with Crippen LogP contribution in [0.4, 0.5) is 0 Å². The molecule has 0 bridgehead atoms. The zero-order valence-electron chi connectivity index (χ0n) is 7.47. The molecule has 0 amide bonds. The number of aromatic nitrogens is 2. The van der Waals surface area contributed by atoms with Gasteiger partial charge in [0.2, 0.25) is 0 Å². The van der Waals surface area contributed by atoms with E-state index in [0.717, 1.165) is 13.0 Å². The summed E-state index contributed by atoms with van der Waals surface area (Å²) in [6.07, 6.45) is 4.21. The first-order valence-electron chi connectivity index (χ1n) is 4.59. The van der Waals surface area contributed by atoms with Gasteiger partial charge < -0.3 is 9.84 Å². The van der Waals surface area contributed by atoms with E-state index in [-0.39, 0.29) is 12.0 Å². The standard InChI is InChI=1S/C9H14N2O2/c12-9(8-2-5-13-7-8)6-11-4-1-3-10-11/h1,3-4,8-9,12H,2,5-7H2. The third-order valence-electron chi connectivity index (χ3n) is 2.44. The number of ether oxygens (including phenoxy) is 1. The summed E-state index contributed by atoms with van der Waals surface area (Å²) in [5.74, 6) is 0.282. The lowest BCUT2D eigenvalue weighted by atomic mass is 10.0. The molecule has 4 heteroatoms. The van der Waals surface area contributed by atoms with Crippen LogP contribution in [0.2, 0.25) is 0 Å². The second kappa shape index (κ2) is 3.89. The number of aliphatic hydroxyl groups is 1. The van der Waals surface area contributed by atoms with Crippen LogP contribution in [0.1, 0.15) is 6.42 Å². The Morgan fingerprint density at radius 1 is 1.69 bits per heavy atom. The van der Waals surface area contributed by atoms with Gasteiger partial charge in [0.1, 0.15) is 0 Å². The molecule has 72 valence electrons. The summed E-state index contributed by atoms with van der Waals surface area (Å²) in [6.45, 7) is 2.03. The van der Waals surface area contributed by atoms with E-state index >= 15 is 0 Å². The van der Waals surface area contributed by atoms with Crippen molar-refractivity contribution in [2.75, 3.05) is 13.2 Å². The van der Waals surface area contributed by atoms with E-state index in [1.165, 1.54) is 0 Å². The van der Waals surface area contributed by atoms with E-state index in [1.54, 1.807) is 10.9 Å². The van der Waals surface area contributed by atoms with Crippen molar-refractivity contribution < 1.29 is 9.84 Å². The molecule has 1 aliphatic heterocycles. The van der Waals surface area contributed by atoms with Gasteiger partial charge in [0, 0.05) is 24.9 Å². The molecule has 1 saturated heterocycles. The molecule has 1 aliphatic rings. The highest BCUT2D eigenvalue weighted by atomic mass is 16.5. The minimum absolute atomic E-state index is 0.282. The Labute approximate surface area is 77.1 Å². The molecule has 1 aromatic heterocycles. The quantitative estimate of drug-likeness (QED) is 0.730. The highest BCUT2D eigenvalue weighted by molar-refractivity contribution is 4.80. The Morgan fingerprint density at radius 2 is 2.62 bits per heavy atom. The van der Waals surface area contributed by atoms with Crippen molar-refractivity contribution >= 4 is 0 Å². The Hall–Kier alpha value is -0.870. The minimum atomic E-state index is -0.331. The van der Waals surface area contributed by atoms with Crippen LogP contribution in [0.5, 0.6) is 0 Å². The van der Waals surface area contributed by atoms with Gasteiger partial charge in [0.05, 0.1) is 19.3 Å². The van der Waals surface area contributed by atoms with E-state index in [1.807, 2.05) is 12.3 Å². The molecular formula is C9H14N2O2. The molecule has 2 heterocycles. The second-order valence-electron chi connectivity index (χ2n) is 3.42. The zero-order chi connectivity index (χ0) is 9.10. The first kappa shape index (κ1) is 8.72. The first-order chi connectivity index (χ1) is 6.36. The number of rotatable bonds is 3. The number of aliphatic hydroxyl groups excluding tert-OH is 1. The molecule has 2 rings (SSSR count). The van der Waals surface area contributed by atoms with Crippen molar-refractivity contribution in [2.45, 2.75) is 19.1 Å². The predicted molar refractivity (Wildman–Crippen MR) is 47.2 cm³/mol. The van der Waals surface area contributed by atoms with Gasteiger partial charge in [-0.3, -0.25) is 4.68 Å². The van der Waals surface area contributed by atoms with Gasteiger partial charge in [-0.1, -0.05) is 0 Å². The summed E-state index contributed by atoms with van der Waals surface area (Å²) in [7, 11) is 0. The van der Waals surface area contributed by atoms with Crippen molar-refractivity contribution in [3.63, 3.8) is 0 Å². The van der Waals surface area contributed by atoms with Gasteiger partial charge in [0.15, 0.2) is 0 Å². The number of hydrogen-bond donors (Lipinski definition) is 1. The largest absolute Gasteiger partial charge is 0.391 e. The molecule has 0 saturated carbocycles. The van der Waals surface area contributed by atoms with Crippen LogP contribution in [0.25, 0.3) is 0 Å². The molecule has 13 heavy (non-hydrogen) atoms. The van der Waals surface area contributed by atoms with Gasteiger partial charge in [0.25, 0.3) is 0 Å². The van der Waals surface area contributed by atoms with E-state index in [9.17, 15) is 5.11 Å². The topological polar surface area (TPSA) is 47.3 Å². The monoisotopic (exact) mass is 182 g/mol. The highest BCUT2D eigenvalue weighted by Gasteiger charge is 2.24. The maximum Gasteiger partial charge on any atom is 0.0786 e. The fraction of sp³-hybridized carbons (Fsp3) is 0.667. The van der Waals surface area contributed by atoms with Gasteiger partial charge in [-0.15, -0.1) is 0 Å². The summed E-state index contributed by atoms with van der Waals surface area (Å²) in [5, 5.41) is 13.8. The Bertz CT molecular complexity index is 242. The van der Waals surface area contributed by atoms with Crippen molar-refractivity contribution in [1.29, 1.82) is 0 Å². The zero-order valence-corrected chi connectivity index (χ0v) is 7.47. The third kappa shape index (κ3) is 2.08. The van der Waals surface area contributed by atoms with Crippen LogP contribution < -0.4 is 0 Å². The number of hydrogen-bond acceptors (Lipinski definition) is 3. The van der Waals surface area contributed by atoms with Gasteiger partial charge >= 0.3 is 0 Å². The van der Waals surface area contributed by atoms with Crippen molar-refractivity contribution in [3.8, 4) is 0 Å². The second-order valence-corrected chi connectivity index (χ2v) is 3.42. The lowest BCUT2D eigenvalue weighted by Gasteiger charge is -2.15. The summed E-state index contributed by atoms with van der Waals surface area (Å²) in [5.41, 5.74) is 0. The predicted octanol–water partition coefficient (Wildman–Crippen LogP) is 0.280. The van der Waals surface area contributed by atoms with E-state index in [2.05, 4.69) is 5.10 Å². The molecule has 0 spiro atoms. The van der Waals surface area contributed by atoms with Crippen LogP contribution in [0.15, 0.2) is 18.5 Å². The fourth-order valence-corrected chi connectivity index (χ4v) is 1.61. The molecule has 1 fully saturated rings. The van der Waals surface area contributed by atoms with Crippen molar-refractivity contribution in [2.24, 2.45) is 5.92 Å². The Morgan fingerprint density at radius 3 is 3.23 bits per heavy atom. The molecule has 4 nitrogen and oxygen atoms in total. The molecule has 1 N–H and O–H groups in total. The van der Waals surface area contributed by atoms with Gasteiger partial charge in [-0.2, -0.15) is 5.10 Å². The molecule has 2 atom stereocenters. The molecule has 2 unspecified atom stereocenters. The van der Waals surface area contributed by atoms with Crippen LogP contribution in [-0.4, -0.2) is 34.2 Å². The fourth-order valence-electron chi connectivity index (χ4n) is 1.61. The first-order valence-corrected chi connectivity index (χ1v) is 4.59. The van der Waals surface area contributed by atoms with E-state index in [4.69, 9.17) is 4.74 Å². The molecule has 0 radical (unpaired) electrons. The molecule has 0 aliphatic carbocycles. The van der Waals surface area contributed by atoms with Crippen LogP contribution >= 0.6 is 0 Å². The smallest absolute Gasteiger partial charge is 0.0786 e. The Balaban J connectivity index is 1.87. The summed E-state index contributed by atoms with van der Waals surface area (Å²) in [6, 6.07) is 1.86. The summed E-state index contributed by atoms with van der Waals surface area (Å²) < 4.78 is 6.96. The molecule has 0 aromatic carbocycles. The average Bonchev–Trinajstić information content (AvgIpc) is 2.74. The lowest BCUT2D eigenvalue weighted by molar-refractivity contribution is 0.0748. The normalized spacial score (nSPS) is 24.8. The van der Waals surface area contributed by atoms with Crippen molar-refractivity contribution in [1.82, 2.24) is 9.78 Å². The van der Waals surface area contributed by atoms with Crippen LogP contribution in [0, 0.1) is 5.92 Å².